The standard InChI is InChI=1S/C19H17N7O/c20-12-15(19-23-25-26-24-19)13-21-16-7-4-8-17(11-16)22-18(27)10-9-14-5-2-1-3-6-14/h1-8,11,13,21H,9-10H2,(H,22,27)(H,23,24,25,26). The van der Waals surface area contributed by atoms with E-state index in [1.54, 1.807) is 12.1 Å². The molecule has 8 nitrogen and oxygen atoms in total. The molecule has 1 heterocycles. The second-order valence-corrected chi connectivity index (χ2v) is 5.66. The van der Waals surface area contributed by atoms with Crippen LogP contribution in [0.5, 0.6) is 0 Å². The topological polar surface area (TPSA) is 119 Å². The molecule has 134 valence electrons. The quantitative estimate of drug-likeness (QED) is 0.558. The van der Waals surface area contributed by atoms with E-state index in [-0.39, 0.29) is 17.3 Å². The van der Waals surface area contributed by atoms with E-state index in [0.717, 1.165) is 5.56 Å². The van der Waals surface area contributed by atoms with E-state index in [1.165, 1.54) is 6.20 Å². The highest BCUT2D eigenvalue weighted by Gasteiger charge is 2.06. The van der Waals surface area contributed by atoms with E-state index in [0.29, 0.717) is 24.2 Å². The maximum absolute atomic E-state index is 12.2. The molecule has 1 aromatic heterocycles. The highest BCUT2D eigenvalue weighted by atomic mass is 16.1. The Morgan fingerprint density at radius 1 is 1.15 bits per heavy atom. The van der Waals surface area contributed by atoms with E-state index in [2.05, 4.69) is 31.3 Å². The van der Waals surface area contributed by atoms with Crippen LogP contribution in [-0.2, 0) is 11.2 Å². The van der Waals surface area contributed by atoms with Crippen LogP contribution in [0, 0.1) is 11.3 Å². The minimum absolute atomic E-state index is 0.0592. The van der Waals surface area contributed by atoms with Crippen molar-refractivity contribution < 1.29 is 4.79 Å². The van der Waals surface area contributed by atoms with Gasteiger partial charge in [-0.15, -0.1) is 10.2 Å². The lowest BCUT2D eigenvalue weighted by molar-refractivity contribution is -0.116. The van der Waals surface area contributed by atoms with Gasteiger partial charge >= 0.3 is 0 Å². The zero-order valence-electron chi connectivity index (χ0n) is 14.4. The van der Waals surface area contributed by atoms with Crippen LogP contribution in [0.1, 0.15) is 17.8 Å². The number of aromatic amines is 1. The summed E-state index contributed by atoms with van der Waals surface area (Å²) >= 11 is 0. The molecular weight excluding hydrogens is 342 g/mol. The normalized spacial score (nSPS) is 10.9. The Morgan fingerprint density at radius 2 is 1.96 bits per heavy atom. The number of amides is 1. The molecule has 3 aromatic rings. The Bertz CT molecular complexity index is 959. The van der Waals surface area contributed by atoms with E-state index < -0.39 is 0 Å². The molecule has 0 bridgehead atoms. The van der Waals surface area contributed by atoms with Crippen molar-refractivity contribution in [3.63, 3.8) is 0 Å². The number of tetrazole rings is 1. The number of rotatable bonds is 7. The first-order valence-corrected chi connectivity index (χ1v) is 8.29. The molecule has 0 aliphatic carbocycles. The third-order valence-corrected chi connectivity index (χ3v) is 3.72. The lowest BCUT2D eigenvalue weighted by Crippen LogP contribution is -2.12. The number of carbonyl (C=O) groups excluding carboxylic acids is 1. The van der Waals surface area contributed by atoms with Crippen molar-refractivity contribution in [3.05, 3.63) is 72.2 Å². The molecule has 2 aromatic carbocycles. The molecule has 0 radical (unpaired) electrons. The van der Waals surface area contributed by atoms with Crippen molar-refractivity contribution in [3.8, 4) is 6.07 Å². The van der Waals surface area contributed by atoms with Crippen LogP contribution in [-0.4, -0.2) is 26.5 Å². The Balaban J connectivity index is 1.58. The van der Waals surface area contributed by atoms with Gasteiger partial charge in [-0.05, 0) is 35.4 Å². The van der Waals surface area contributed by atoms with E-state index in [9.17, 15) is 4.79 Å². The van der Waals surface area contributed by atoms with Gasteiger partial charge in [0.15, 0.2) is 0 Å². The number of benzene rings is 2. The number of carbonyl (C=O) groups is 1. The third kappa shape index (κ3) is 5.24. The first-order chi connectivity index (χ1) is 13.2. The molecule has 0 aliphatic heterocycles. The minimum Gasteiger partial charge on any atom is -0.360 e. The molecule has 0 saturated carbocycles. The molecule has 0 unspecified atom stereocenters. The van der Waals surface area contributed by atoms with Crippen LogP contribution < -0.4 is 10.6 Å². The van der Waals surface area contributed by atoms with Crippen LogP contribution in [0.4, 0.5) is 11.4 Å². The molecule has 1 amide bonds. The summed E-state index contributed by atoms with van der Waals surface area (Å²) in [5, 5.41) is 28.3. The van der Waals surface area contributed by atoms with Gasteiger partial charge in [0.05, 0.1) is 0 Å². The zero-order valence-corrected chi connectivity index (χ0v) is 14.4. The summed E-state index contributed by atoms with van der Waals surface area (Å²) in [5.74, 6) is 0.145. The second kappa shape index (κ2) is 8.92. The van der Waals surface area contributed by atoms with Crippen molar-refractivity contribution in [2.75, 3.05) is 10.6 Å². The van der Waals surface area contributed by atoms with Crippen molar-refractivity contribution in [1.82, 2.24) is 20.6 Å². The van der Waals surface area contributed by atoms with E-state index in [1.807, 2.05) is 48.5 Å². The van der Waals surface area contributed by atoms with Gasteiger partial charge in [0.2, 0.25) is 11.7 Å². The number of nitriles is 1. The Hall–Kier alpha value is -3.99. The number of nitrogens with one attached hydrogen (secondary N) is 3. The predicted octanol–water partition coefficient (Wildman–Crippen LogP) is 2.75. The van der Waals surface area contributed by atoms with Gasteiger partial charge in [0.1, 0.15) is 11.6 Å². The predicted molar refractivity (Wildman–Crippen MR) is 101 cm³/mol. The molecule has 3 N–H and O–H groups in total. The van der Waals surface area contributed by atoms with Crippen molar-refractivity contribution in [1.29, 1.82) is 5.26 Å². The summed E-state index contributed by atoms with van der Waals surface area (Å²) in [5.41, 5.74) is 2.75. The van der Waals surface area contributed by atoms with Gasteiger partial charge in [-0.3, -0.25) is 4.79 Å². The monoisotopic (exact) mass is 359 g/mol. The molecular formula is C19H17N7O. The molecule has 0 aliphatic rings. The number of aryl methyl sites for hydroxylation is 1. The van der Waals surface area contributed by atoms with Crippen molar-refractivity contribution >= 4 is 22.9 Å². The summed E-state index contributed by atoms with van der Waals surface area (Å²) in [7, 11) is 0. The van der Waals surface area contributed by atoms with Crippen LogP contribution in [0.15, 0.2) is 60.8 Å². The number of allylic oxidation sites excluding steroid dienone is 1. The fourth-order valence-corrected chi connectivity index (χ4v) is 2.39. The fraction of sp³-hybridized carbons (Fsp3) is 0.105. The highest BCUT2D eigenvalue weighted by Crippen LogP contribution is 2.17. The first kappa shape index (κ1) is 17.8. The molecule has 0 fully saturated rings. The minimum atomic E-state index is -0.0592. The van der Waals surface area contributed by atoms with Crippen LogP contribution in [0.2, 0.25) is 0 Å². The first-order valence-electron chi connectivity index (χ1n) is 8.29. The number of anilines is 2. The number of H-pyrrole nitrogens is 1. The Morgan fingerprint density at radius 3 is 2.70 bits per heavy atom. The molecule has 3 rings (SSSR count). The van der Waals surface area contributed by atoms with Gasteiger partial charge < -0.3 is 10.6 Å². The lowest BCUT2D eigenvalue weighted by Gasteiger charge is -2.08. The van der Waals surface area contributed by atoms with Gasteiger partial charge in [-0.1, -0.05) is 36.4 Å². The van der Waals surface area contributed by atoms with E-state index in [4.69, 9.17) is 5.26 Å². The van der Waals surface area contributed by atoms with Crippen LogP contribution in [0.25, 0.3) is 5.57 Å². The van der Waals surface area contributed by atoms with Crippen molar-refractivity contribution in [2.24, 2.45) is 0 Å². The summed E-state index contributed by atoms with van der Waals surface area (Å²) in [6.07, 6.45) is 2.57. The van der Waals surface area contributed by atoms with Gasteiger partial charge in [-0.2, -0.15) is 10.5 Å². The second-order valence-electron chi connectivity index (χ2n) is 5.66. The largest absolute Gasteiger partial charge is 0.360 e. The number of hydrogen-bond donors (Lipinski definition) is 3. The summed E-state index contributed by atoms with van der Waals surface area (Å²) in [6, 6.07) is 19.1. The van der Waals surface area contributed by atoms with Crippen LogP contribution in [0.3, 0.4) is 0 Å². The summed E-state index contributed by atoms with van der Waals surface area (Å²) in [6.45, 7) is 0. The zero-order chi connectivity index (χ0) is 18.9. The SMILES string of the molecule is N#CC(=CNc1cccc(NC(=O)CCc2ccccc2)c1)c1nn[nH]n1. The van der Waals surface area contributed by atoms with Gasteiger partial charge in [0, 0.05) is 24.0 Å². The molecule has 0 saturated heterocycles. The number of nitrogens with zero attached hydrogens (tertiary/aromatic N) is 4. The summed E-state index contributed by atoms with van der Waals surface area (Å²) < 4.78 is 0. The molecule has 0 spiro atoms. The van der Waals surface area contributed by atoms with Crippen molar-refractivity contribution in [2.45, 2.75) is 12.8 Å². The third-order valence-electron chi connectivity index (χ3n) is 3.72. The maximum atomic E-state index is 12.2. The number of aromatic nitrogens is 4. The van der Waals surface area contributed by atoms with Crippen LogP contribution >= 0.6 is 0 Å². The average Bonchev–Trinajstić information content (AvgIpc) is 3.23. The Kier molecular flexibility index (Phi) is 5.89. The average molecular weight is 359 g/mol. The molecule has 8 heteroatoms. The lowest BCUT2D eigenvalue weighted by atomic mass is 10.1. The maximum Gasteiger partial charge on any atom is 0.224 e. The summed E-state index contributed by atoms with van der Waals surface area (Å²) in [4.78, 5) is 12.2. The molecule has 27 heavy (non-hydrogen) atoms. The Labute approximate surface area is 155 Å². The van der Waals surface area contributed by atoms with Gasteiger partial charge in [-0.25, -0.2) is 0 Å². The van der Waals surface area contributed by atoms with Gasteiger partial charge in [0.25, 0.3) is 0 Å². The molecule has 0 atom stereocenters. The fourth-order valence-electron chi connectivity index (χ4n) is 2.39. The number of hydrogen-bond acceptors (Lipinski definition) is 6. The highest BCUT2D eigenvalue weighted by molar-refractivity contribution is 5.91. The van der Waals surface area contributed by atoms with E-state index >= 15 is 0 Å². The smallest absolute Gasteiger partial charge is 0.224 e.